The number of rotatable bonds is 6. The van der Waals surface area contributed by atoms with Crippen LogP contribution in [0, 0.1) is 0 Å². The second kappa shape index (κ2) is 7.80. The van der Waals surface area contributed by atoms with Gasteiger partial charge in [-0.2, -0.15) is 4.52 Å². The van der Waals surface area contributed by atoms with Crippen LogP contribution in [-0.2, 0) is 6.54 Å². The maximum absolute atomic E-state index is 12.7. The first-order valence-corrected chi connectivity index (χ1v) is 9.61. The Morgan fingerprint density at radius 2 is 2.00 bits per heavy atom. The van der Waals surface area contributed by atoms with Crippen molar-refractivity contribution in [1.82, 2.24) is 19.9 Å². The minimum Gasteiger partial charge on any atom is -0.496 e. The number of nitrogens with one attached hydrogen (secondary N) is 1. The van der Waals surface area contributed by atoms with E-state index in [-0.39, 0.29) is 5.91 Å². The number of amides is 1. The number of benzene rings is 1. The number of para-hydroxylation sites is 1. The van der Waals surface area contributed by atoms with E-state index in [0.717, 1.165) is 21.3 Å². The van der Waals surface area contributed by atoms with Gasteiger partial charge in [-0.25, -0.2) is 4.98 Å². The lowest BCUT2D eigenvalue weighted by atomic mass is 10.2. The van der Waals surface area contributed by atoms with Crippen LogP contribution in [0.15, 0.2) is 48.5 Å². The van der Waals surface area contributed by atoms with Crippen molar-refractivity contribution in [2.75, 3.05) is 20.0 Å². The van der Waals surface area contributed by atoms with E-state index in [1.165, 1.54) is 15.9 Å². The summed E-state index contributed by atoms with van der Waals surface area (Å²) in [6.45, 7) is 0.334. The lowest BCUT2D eigenvalue weighted by molar-refractivity contribution is 0.0950. The molecule has 0 saturated carbocycles. The molecule has 9 heteroatoms. The first-order valence-electron chi connectivity index (χ1n) is 8.79. The molecule has 0 spiro atoms. The van der Waals surface area contributed by atoms with E-state index in [2.05, 4.69) is 15.4 Å². The van der Waals surface area contributed by atoms with Crippen molar-refractivity contribution >= 4 is 28.7 Å². The summed E-state index contributed by atoms with van der Waals surface area (Å²) in [5, 5.41) is 8.09. The molecule has 0 bridgehead atoms. The number of hydrogen-bond donors (Lipinski definition) is 2. The Labute approximate surface area is 170 Å². The summed E-state index contributed by atoms with van der Waals surface area (Å²) in [4.78, 5) is 18.0. The Hall–Kier alpha value is -3.59. The van der Waals surface area contributed by atoms with E-state index in [0.29, 0.717) is 29.4 Å². The van der Waals surface area contributed by atoms with Gasteiger partial charge < -0.3 is 20.5 Å². The van der Waals surface area contributed by atoms with Crippen LogP contribution in [0.2, 0.25) is 0 Å². The number of thiophene rings is 1. The highest BCUT2D eigenvalue weighted by Gasteiger charge is 2.15. The Balaban J connectivity index is 1.58. The number of methoxy groups -OCH3 is 2. The molecule has 0 fully saturated rings. The maximum Gasteiger partial charge on any atom is 0.251 e. The van der Waals surface area contributed by atoms with Gasteiger partial charge >= 0.3 is 0 Å². The quantitative estimate of drug-likeness (QED) is 0.507. The SMILES string of the molecule is COc1ccc(-c2nc3cc(C(=O)NCc4ccccc4OC)cc(N)n3n2)s1. The van der Waals surface area contributed by atoms with Gasteiger partial charge in [0.15, 0.2) is 16.5 Å². The first-order chi connectivity index (χ1) is 14.1. The summed E-state index contributed by atoms with van der Waals surface area (Å²) < 4.78 is 12.0. The lowest BCUT2D eigenvalue weighted by Gasteiger charge is -2.10. The fourth-order valence-corrected chi connectivity index (χ4v) is 3.67. The predicted molar refractivity (Wildman–Crippen MR) is 111 cm³/mol. The van der Waals surface area contributed by atoms with Gasteiger partial charge in [0, 0.05) is 17.7 Å². The molecule has 4 rings (SSSR count). The molecule has 0 aliphatic carbocycles. The number of nitrogen functional groups attached to an aromatic ring is 1. The van der Waals surface area contributed by atoms with Crippen molar-refractivity contribution in [3.8, 4) is 21.5 Å². The average molecular weight is 409 g/mol. The van der Waals surface area contributed by atoms with Gasteiger partial charge in [-0.3, -0.25) is 4.79 Å². The van der Waals surface area contributed by atoms with E-state index in [9.17, 15) is 4.79 Å². The van der Waals surface area contributed by atoms with Crippen LogP contribution in [-0.4, -0.2) is 34.7 Å². The Morgan fingerprint density at radius 3 is 2.76 bits per heavy atom. The number of aromatic nitrogens is 3. The molecule has 0 unspecified atom stereocenters. The number of nitrogens with two attached hydrogens (primary N) is 1. The van der Waals surface area contributed by atoms with Crippen LogP contribution in [0.1, 0.15) is 15.9 Å². The third kappa shape index (κ3) is 3.72. The smallest absolute Gasteiger partial charge is 0.251 e. The van der Waals surface area contributed by atoms with Gasteiger partial charge in [-0.05, 0) is 30.3 Å². The number of ether oxygens (including phenoxy) is 2. The van der Waals surface area contributed by atoms with Crippen molar-refractivity contribution in [3.05, 3.63) is 59.7 Å². The largest absolute Gasteiger partial charge is 0.496 e. The number of anilines is 1. The third-order valence-corrected chi connectivity index (χ3v) is 5.40. The zero-order valence-electron chi connectivity index (χ0n) is 15.9. The average Bonchev–Trinajstić information content (AvgIpc) is 3.39. The molecule has 29 heavy (non-hydrogen) atoms. The standard InChI is InChI=1S/C20H19N5O3S/c1-27-14-6-4-3-5-12(14)11-22-20(26)13-9-16(21)25-17(10-13)23-19(24-25)15-7-8-18(28-2)29-15/h3-10H,11,21H2,1-2H3,(H,22,26). The Morgan fingerprint density at radius 1 is 1.17 bits per heavy atom. The van der Waals surface area contributed by atoms with Gasteiger partial charge in [0.1, 0.15) is 11.6 Å². The Kier molecular flexibility index (Phi) is 5.05. The number of nitrogens with zero attached hydrogens (tertiary/aromatic N) is 3. The van der Waals surface area contributed by atoms with E-state index in [4.69, 9.17) is 15.2 Å². The van der Waals surface area contributed by atoms with Crippen molar-refractivity contribution in [2.24, 2.45) is 0 Å². The molecular formula is C20H19N5O3S. The van der Waals surface area contributed by atoms with Gasteiger partial charge in [-0.1, -0.05) is 29.5 Å². The van der Waals surface area contributed by atoms with Crippen LogP contribution >= 0.6 is 11.3 Å². The van der Waals surface area contributed by atoms with Crippen LogP contribution in [0.5, 0.6) is 10.8 Å². The van der Waals surface area contributed by atoms with Gasteiger partial charge in [-0.15, -0.1) is 5.10 Å². The second-order valence-corrected chi connectivity index (χ2v) is 7.24. The summed E-state index contributed by atoms with van der Waals surface area (Å²) in [6.07, 6.45) is 0. The predicted octanol–water partition coefficient (Wildman–Crippen LogP) is 2.99. The zero-order valence-corrected chi connectivity index (χ0v) is 16.7. The monoisotopic (exact) mass is 409 g/mol. The molecule has 0 atom stereocenters. The molecular weight excluding hydrogens is 390 g/mol. The van der Waals surface area contributed by atoms with Gasteiger partial charge in [0.25, 0.3) is 5.91 Å². The normalized spacial score (nSPS) is 10.8. The van der Waals surface area contributed by atoms with E-state index in [1.807, 2.05) is 36.4 Å². The lowest BCUT2D eigenvalue weighted by Crippen LogP contribution is -2.23. The highest BCUT2D eigenvalue weighted by Crippen LogP contribution is 2.31. The number of carbonyl (C=O) groups excluding carboxylic acids is 1. The highest BCUT2D eigenvalue weighted by atomic mass is 32.1. The van der Waals surface area contributed by atoms with Crippen LogP contribution in [0.4, 0.5) is 5.82 Å². The number of pyridine rings is 1. The Bertz CT molecular complexity index is 1180. The topological polar surface area (TPSA) is 104 Å². The molecule has 0 saturated heterocycles. The molecule has 1 aromatic carbocycles. The van der Waals surface area contributed by atoms with Crippen LogP contribution < -0.4 is 20.5 Å². The van der Waals surface area contributed by atoms with E-state index < -0.39 is 0 Å². The number of hydrogen-bond acceptors (Lipinski definition) is 7. The van der Waals surface area contributed by atoms with Crippen LogP contribution in [0.25, 0.3) is 16.3 Å². The van der Waals surface area contributed by atoms with E-state index >= 15 is 0 Å². The molecule has 3 heterocycles. The van der Waals surface area contributed by atoms with Crippen LogP contribution in [0.3, 0.4) is 0 Å². The van der Waals surface area contributed by atoms with Crippen molar-refractivity contribution < 1.29 is 14.3 Å². The summed E-state index contributed by atoms with van der Waals surface area (Å²) in [6, 6.07) is 14.5. The fraction of sp³-hybridized carbons (Fsp3) is 0.150. The number of carbonyl (C=O) groups is 1. The van der Waals surface area contributed by atoms with Crippen molar-refractivity contribution in [3.63, 3.8) is 0 Å². The third-order valence-electron chi connectivity index (χ3n) is 4.36. The molecule has 8 nitrogen and oxygen atoms in total. The minimum atomic E-state index is -0.257. The first kappa shape index (κ1) is 18.8. The summed E-state index contributed by atoms with van der Waals surface area (Å²) in [7, 11) is 3.21. The van der Waals surface area contributed by atoms with Gasteiger partial charge in [0.05, 0.1) is 19.1 Å². The molecule has 148 valence electrons. The second-order valence-electron chi connectivity index (χ2n) is 6.19. The molecule has 4 aromatic rings. The fourth-order valence-electron chi connectivity index (χ4n) is 2.92. The van der Waals surface area contributed by atoms with Crippen molar-refractivity contribution in [1.29, 1.82) is 0 Å². The molecule has 0 radical (unpaired) electrons. The van der Waals surface area contributed by atoms with Crippen molar-refractivity contribution in [2.45, 2.75) is 6.54 Å². The highest BCUT2D eigenvalue weighted by molar-refractivity contribution is 7.17. The maximum atomic E-state index is 12.7. The minimum absolute atomic E-state index is 0.257. The summed E-state index contributed by atoms with van der Waals surface area (Å²) in [5.74, 6) is 1.31. The summed E-state index contributed by atoms with van der Waals surface area (Å²) in [5.41, 5.74) is 7.90. The van der Waals surface area contributed by atoms with Gasteiger partial charge in [0.2, 0.25) is 0 Å². The molecule has 0 aliphatic heterocycles. The molecule has 1 amide bonds. The molecule has 0 aliphatic rings. The summed E-state index contributed by atoms with van der Waals surface area (Å²) >= 11 is 1.43. The van der Waals surface area contributed by atoms with E-state index in [1.54, 1.807) is 26.4 Å². The molecule has 3 aromatic heterocycles. The zero-order chi connectivity index (χ0) is 20.4. The molecule has 3 N–H and O–H groups in total. The number of fused-ring (bicyclic) bond motifs is 1.